The maximum atomic E-state index is 12.0. The zero-order valence-electron chi connectivity index (χ0n) is 13.6. The number of carbonyl (C=O) groups is 1. The third-order valence-corrected chi connectivity index (χ3v) is 4.03. The molecular formula is C22H21NO. The first-order chi connectivity index (χ1) is 11.8. The minimum atomic E-state index is 0.0889. The van der Waals surface area contributed by atoms with E-state index in [1.807, 2.05) is 36.4 Å². The molecule has 1 amide bonds. The summed E-state index contributed by atoms with van der Waals surface area (Å²) in [6, 6.07) is 28.7. The van der Waals surface area contributed by atoms with Gasteiger partial charge in [-0.3, -0.25) is 4.79 Å². The van der Waals surface area contributed by atoms with E-state index in [2.05, 4.69) is 53.8 Å². The van der Waals surface area contributed by atoms with Crippen LogP contribution in [0.15, 0.2) is 84.9 Å². The quantitative estimate of drug-likeness (QED) is 0.707. The summed E-state index contributed by atoms with van der Waals surface area (Å²) in [6.07, 6.45) is 1.30. The van der Waals surface area contributed by atoms with Gasteiger partial charge in [0.2, 0.25) is 5.91 Å². The van der Waals surface area contributed by atoms with Gasteiger partial charge in [0, 0.05) is 13.0 Å². The monoisotopic (exact) mass is 315 g/mol. The van der Waals surface area contributed by atoms with Crippen molar-refractivity contribution in [2.24, 2.45) is 0 Å². The van der Waals surface area contributed by atoms with Gasteiger partial charge in [-0.1, -0.05) is 84.9 Å². The highest BCUT2D eigenvalue weighted by molar-refractivity contribution is 5.76. The van der Waals surface area contributed by atoms with Crippen molar-refractivity contribution < 1.29 is 4.79 Å². The van der Waals surface area contributed by atoms with Gasteiger partial charge in [0.1, 0.15) is 0 Å². The molecule has 0 spiro atoms. The van der Waals surface area contributed by atoms with Crippen molar-refractivity contribution in [2.45, 2.75) is 19.4 Å². The summed E-state index contributed by atoms with van der Waals surface area (Å²) in [7, 11) is 0. The molecule has 0 aliphatic carbocycles. The zero-order valence-corrected chi connectivity index (χ0v) is 13.6. The second-order valence-corrected chi connectivity index (χ2v) is 5.83. The van der Waals surface area contributed by atoms with Crippen LogP contribution < -0.4 is 5.32 Å². The van der Waals surface area contributed by atoms with Crippen LogP contribution in [0.4, 0.5) is 0 Å². The Kier molecular flexibility index (Phi) is 5.41. The largest absolute Gasteiger partial charge is 0.352 e. The standard InChI is InChI=1S/C22H21NO/c24-22(16-13-18-7-3-1-4-8-18)23-17-19-11-14-21(15-12-19)20-9-5-2-6-10-20/h1-12,14-15H,13,16-17H2,(H,23,24). The Morgan fingerprint density at radius 1 is 0.667 bits per heavy atom. The van der Waals surface area contributed by atoms with Crippen LogP contribution in [-0.2, 0) is 17.8 Å². The Balaban J connectivity index is 1.49. The summed E-state index contributed by atoms with van der Waals surface area (Å²) in [5, 5.41) is 2.99. The van der Waals surface area contributed by atoms with Gasteiger partial charge in [0.05, 0.1) is 0 Å². The highest BCUT2D eigenvalue weighted by atomic mass is 16.1. The number of rotatable bonds is 6. The molecule has 120 valence electrons. The lowest BCUT2D eigenvalue weighted by molar-refractivity contribution is -0.121. The van der Waals surface area contributed by atoms with Gasteiger partial charge in [-0.25, -0.2) is 0 Å². The third kappa shape index (κ3) is 4.56. The van der Waals surface area contributed by atoms with Crippen LogP contribution in [0.3, 0.4) is 0 Å². The molecule has 0 atom stereocenters. The van der Waals surface area contributed by atoms with Gasteiger partial charge in [-0.15, -0.1) is 0 Å². The van der Waals surface area contributed by atoms with Crippen LogP contribution in [0.5, 0.6) is 0 Å². The van der Waals surface area contributed by atoms with E-state index in [1.165, 1.54) is 16.7 Å². The topological polar surface area (TPSA) is 29.1 Å². The summed E-state index contributed by atoms with van der Waals surface area (Å²) in [5.41, 5.74) is 4.70. The molecule has 0 aliphatic heterocycles. The predicted octanol–water partition coefficient (Wildman–Crippen LogP) is 4.60. The predicted molar refractivity (Wildman–Crippen MR) is 98.5 cm³/mol. The minimum Gasteiger partial charge on any atom is -0.352 e. The van der Waals surface area contributed by atoms with E-state index < -0.39 is 0 Å². The lowest BCUT2D eigenvalue weighted by atomic mass is 10.0. The van der Waals surface area contributed by atoms with E-state index in [1.54, 1.807) is 0 Å². The molecule has 3 rings (SSSR count). The van der Waals surface area contributed by atoms with E-state index in [9.17, 15) is 4.79 Å². The number of carbonyl (C=O) groups excluding carboxylic acids is 1. The molecule has 2 nitrogen and oxygen atoms in total. The minimum absolute atomic E-state index is 0.0889. The second kappa shape index (κ2) is 8.11. The third-order valence-electron chi connectivity index (χ3n) is 4.03. The Labute approximate surface area is 143 Å². The van der Waals surface area contributed by atoms with Crippen molar-refractivity contribution in [3.05, 3.63) is 96.1 Å². The van der Waals surface area contributed by atoms with E-state index in [0.29, 0.717) is 13.0 Å². The molecule has 24 heavy (non-hydrogen) atoms. The second-order valence-electron chi connectivity index (χ2n) is 5.83. The molecular weight excluding hydrogens is 294 g/mol. The van der Waals surface area contributed by atoms with Crippen molar-refractivity contribution in [2.75, 3.05) is 0 Å². The first-order valence-corrected chi connectivity index (χ1v) is 8.26. The summed E-state index contributed by atoms with van der Waals surface area (Å²) in [4.78, 5) is 12.0. The van der Waals surface area contributed by atoms with Crippen molar-refractivity contribution in [3.8, 4) is 11.1 Å². The molecule has 1 N–H and O–H groups in total. The molecule has 3 aromatic rings. The van der Waals surface area contributed by atoms with Crippen LogP contribution in [0.1, 0.15) is 17.5 Å². The maximum Gasteiger partial charge on any atom is 0.220 e. The van der Waals surface area contributed by atoms with E-state index in [-0.39, 0.29) is 5.91 Å². The number of hydrogen-bond donors (Lipinski definition) is 1. The van der Waals surface area contributed by atoms with Crippen molar-refractivity contribution >= 4 is 5.91 Å². The van der Waals surface area contributed by atoms with Crippen molar-refractivity contribution in [3.63, 3.8) is 0 Å². The molecule has 0 saturated heterocycles. The van der Waals surface area contributed by atoms with Crippen LogP contribution in [0.2, 0.25) is 0 Å². The van der Waals surface area contributed by atoms with Crippen LogP contribution in [0, 0.1) is 0 Å². The Morgan fingerprint density at radius 2 is 1.25 bits per heavy atom. The van der Waals surface area contributed by atoms with Crippen LogP contribution in [-0.4, -0.2) is 5.91 Å². The zero-order chi connectivity index (χ0) is 16.6. The highest BCUT2D eigenvalue weighted by Gasteiger charge is 2.03. The SMILES string of the molecule is O=C(CCc1ccccc1)NCc1ccc(-c2ccccc2)cc1. The fourth-order valence-corrected chi connectivity index (χ4v) is 2.64. The Morgan fingerprint density at radius 3 is 1.92 bits per heavy atom. The van der Waals surface area contributed by atoms with E-state index >= 15 is 0 Å². The van der Waals surface area contributed by atoms with Crippen LogP contribution >= 0.6 is 0 Å². The first kappa shape index (κ1) is 16.0. The average molecular weight is 315 g/mol. The molecule has 0 fully saturated rings. The van der Waals surface area contributed by atoms with Crippen molar-refractivity contribution in [1.82, 2.24) is 5.32 Å². The number of benzene rings is 3. The smallest absolute Gasteiger partial charge is 0.220 e. The lowest BCUT2D eigenvalue weighted by Gasteiger charge is -2.07. The van der Waals surface area contributed by atoms with Crippen molar-refractivity contribution in [1.29, 1.82) is 0 Å². The summed E-state index contributed by atoms with van der Waals surface area (Å²) < 4.78 is 0. The van der Waals surface area contributed by atoms with Crippen LogP contribution in [0.25, 0.3) is 11.1 Å². The van der Waals surface area contributed by atoms with Gasteiger partial charge < -0.3 is 5.32 Å². The molecule has 0 heterocycles. The normalized spacial score (nSPS) is 10.3. The molecule has 0 bridgehead atoms. The number of hydrogen-bond acceptors (Lipinski definition) is 1. The highest BCUT2D eigenvalue weighted by Crippen LogP contribution is 2.19. The molecule has 0 radical (unpaired) electrons. The van der Waals surface area contributed by atoms with Gasteiger partial charge in [0.25, 0.3) is 0 Å². The summed E-state index contributed by atoms with van der Waals surface area (Å²) in [6.45, 7) is 0.572. The summed E-state index contributed by atoms with van der Waals surface area (Å²) >= 11 is 0. The van der Waals surface area contributed by atoms with E-state index in [4.69, 9.17) is 0 Å². The number of aryl methyl sites for hydroxylation is 1. The molecule has 0 aromatic heterocycles. The molecule has 0 saturated carbocycles. The van der Waals surface area contributed by atoms with Gasteiger partial charge in [-0.2, -0.15) is 0 Å². The fraction of sp³-hybridized carbons (Fsp3) is 0.136. The molecule has 0 aliphatic rings. The fourth-order valence-electron chi connectivity index (χ4n) is 2.64. The molecule has 0 unspecified atom stereocenters. The Bertz CT molecular complexity index is 764. The number of amides is 1. The van der Waals surface area contributed by atoms with Gasteiger partial charge >= 0.3 is 0 Å². The summed E-state index contributed by atoms with van der Waals surface area (Å²) in [5.74, 6) is 0.0889. The Hall–Kier alpha value is -2.87. The molecule has 3 aromatic carbocycles. The van der Waals surface area contributed by atoms with Gasteiger partial charge in [0.15, 0.2) is 0 Å². The average Bonchev–Trinajstić information content (AvgIpc) is 2.67. The first-order valence-electron chi connectivity index (χ1n) is 8.26. The number of nitrogens with one attached hydrogen (secondary N) is 1. The van der Waals surface area contributed by atoms with Gasteiger partial charge in [-0.05, 0) is 28.7 Å². The molecule has 2 heteroatoms. The maximum absolute atomic E-state index is 12.0. The van der Waals surface area contributed by atoms with E-state index in [0.717, 1.165) is 12.0 Å². The lowest BCUT2D eigenvalue weighted by Crippen LogP contribution is -2.22.